The molecular formula is C14H17NO. The standard InChI is InChI=1S/C14H17NO/c1-9-7-14(9,8-15)12-5-6-13(16-4)11(3)10(12)2/h5-6,9H,7H2,1-4H3. The molecule has 0 spiro atoms. The van der Waals surface area contributed by atoms with E-state index < -0.39 is 0 Å². The second kappa shape index (κ2) is 3.52. The predicted molar refractivity (Wildman–Crippen MR) is 63.5 cm³/mol. The highest BCUT2D eigenvalue weighted by Crippen LogP contribution is 2.55. The van der Waals surface area contributed by atoms with E-state index >= 15 is 0 Å². The van der Waals surface area contributed by atoms with Gasteiger partial charge in [-0.2, -0.15) is 5.26 Å². The third-order valence-electron chi connectivity index (χ3n) is 3.95. The van der Waals surface area contributed by atoms with E-state index in [4.69, 9.17) is 4.74 Å². The van der Waals surface area contributed by atoms with Crippen molar-refractivity contribution in [3.8, 4) is 11.8 Å². The molecule has 0 radical (unpaired) electrons. The zero-order valence-corrected chi connectivity index (χ0v) is 10.3. The van der Waals surface area contributed by atoms with Crippen LogP contribution in [-0.4, -0.2) is 7.11 Å². The van der Waals surface area contributed by atoms with E-state index in [-0.39, 0.29) is 5.41 Å². The molecule has 2 heteroatoms. The highest BCUT2D eigenvalue weighted by molar-refractivity contribution is 5.52. The van der Waals surface area contributed by atoms with Gasteiger partial charge in [0.1, 0.15) is 5.75 Å². The van der Waals surface area contributed by atoms with Crippen LogP contribution >= 0.6 is 0 Å². The van der Waals surface area contributed by atoms with Gasteiger partial charge in [0.2, 0.25) is 0 Å². The average Bonchev–Trinajstić information content (AvgIpc) is 2.94. The van der Waals surface area contributed by atoms with Gasteiger partial charge in [-0.05, 0) is 48.9 Å². The lowest BCUT2D eigenvalue weighted by Gasteiger charge is -2.16. The fraction of sp³-hybridized carbons (Fsp3) is 0.500. The van der Waals surface area contributed by atoms with Gasteiger partial charge < -0.3 is 4.74 Å². The first-order valence-corrected chi connectivity index (χ1v) is 5.62. The molecule has 2 unspecified atom stereocenters. The number of ether oxygens (including phenoxy) is 1. The van der Waals surface area contributed by atoms with Crippen LogP contribution in [-0.2, 0) is 5.41 Å². The van der Waals surface area contributed by atoms with E-state index in [2.05, 4.69) is 26.8 Å². The molecular weight excluding hydrogens is 198 g/mol. The summed E-state index contributed by atoms with van der Waals surface area (Å²) in [6, 6.07) is 6.51. The van der Waals surface area contributed by atoms with Crippen molar-refractivity contribution in [1.82, 2.24) is 0 Å². The van der Waals surface area contributed by atoms with Crippen molar-refractivity contribution in [2.24, 2.45) is 5.92 Å². The molecule has 1 fully saturated rings. The molecule has 2 nitrogen and oxygen atoms in total. The molecule has 1 aromatic carbocycles. The number of benzene rings is 1. The van der Waals surface area contributed by atoms with Crippen LogP contribution in [0.3, 0.4) is 0 Å². The van der Waals surface area contributed by atoms with Crippen molar-refractivity contribution in [1.29, 1.82) is 5.26 Å². The first kappa shape index (κ1) is 11.0. The Hall–Kier alpha value is -1.49. The molecule has 1 aromatic rings. The molecule has 0 aromatic heterocycles. The van der Waals surface area contributed by atoms with Gasteiger partial charge >= 0.3 is 0 Å². The molecule has 1 saturated carbocycles. The fourth-order valence-corrected chi connectivity index (χ4v) is 2.52. The van der Waals surface area contributed by atoms with E-state index in [1.165, 1.54) is 11.1 Å². The molecule has 1 aliphatic carbocycles. The number of rotatable bonds is 2. The Bertz CT molecular complexity index is 472. The molecule has 0 heterocycles. The van der Waals surface area contributed by atoms with Crippen molar-refractivity contribution < 1.29 is 4.74 Å². The molecule has 0 saturated heterocycles. The Morgan fingerprint density at radius 3 is 2.44 bits per heavy atom. The van der Waals surface area contributed by atoms with Crippen LogP contribution in [0.5, 0.6) is 5.75 Å². The van der Waals surface area contributed by atoms with Crippen LogP contribution in [0.1, 0.15) is 30.0 Å². The first-order chi connectivity index (χ1) is 7.56. The summed E-state index contributed by atoms with van der Waals surface area (Å²) in [4.78, 5) is 0. The van der Waals surface area contributed by atoms with Crippen molar-refractivity contribution >= 4 is 0 Å². The van der Waals surface area contributed by atoms with Gasteiger partial charge in [0, 0.05) is 0 Å². The number of hydrogen-bond acceptors (Lipinski definition) is 2. The van der Waals surface area contributed by atoms with Gasteiger partial charge in [-0.15, -0.1) is 0 Å². The fourth-order valence-electron chi connectivity index (χ4n) is 2.52. The Morgan fingerprint density at radius 1 is 1.38 bits per heavy atom. The molecule has 0 amide bonds. The smallest absolute Gasteiger partial charge is 0.122 e. The third kappa shape index (κ3) is 1.31. The third-order valence-corrected chi connectivity index (χ3v) is 3.95. The van der Waals surface area contributed by atoms with E-state index in [1.807, 2.05) is 12.1 Å². The lowest BCUT2D eigenvalue weighted by molar-refractivity contribution is 0.411. The molecule has 0 N–H and O–H groups in total. The van der Waals surface area contributed by atoms with Crippen LogP contribution in [0.15, 0.2) is 12.1 Å². The zero-order valence-electron chi connectivity index (χ0n) is 10.3. The van der Waals surface area contributed by atoms with Crippen LogP contribution in [0, 0.1) is 31.1 Å². The summed E-state index contributed by atoms with van der Waals surface area (Å²) < 4.78 is 5.29. The number of nitriles is 1. The summed E-state index contributed by atoms with van der Waals surface area (Å²) in [6.07, 6.45) is 0.982. The number of hydrogen-bond donors (Lipinski definition) is 0. The maximum atomic E-state index is 9.34. The molecule has 2 rings (SSSR count). The summed E-state index contributed by atoms with van der Waals surface area (Å²) in [6.45, 7) is 6.27. The quantitative estimate of drug-likeness (QED) is 0.759. The predicted octanol–water partition coefficient (Wildman–Crippen LogP) is 3.11. The topological polar surface area (TPSA) is 33.0 Å². The van der Waals surface area contributed by atoms with E-state index in [9.17, 15) is 5.26 Å². The van der Waals surface area contributed by atoms with E-state index in [0.717, 1.165) is 17.7 Å². The van der Waals surface area contributed by atoms with Crippen molar-refractivity contribution in [3.05, 3.63) is 28.8 Å². The summed E-state index contributed by atoms with van der Waals surface area (Å²) >= 11 is 0. The highest BCUT2D eigenvalue weighted by atomic mass is 16.5. The lowest BCUT2D eigenvalue weighted by Crippen LogP contribution is -2.09. The molecule has 2 atom stereocenters. The van der Waals surface area contributed by atoms with Crippen molar-refractivity contribution in [3.63, 3.8) is 0 Å². The Morgan fingerprint density at radius 2 is 2.00 bits per heavy atom. The lowest BCUT2D eigenvalue weighted by atomic mass is 9.89. The Balaban J connectivity index is 2.53. The van der Waals surface area contributed by atoms with Gasteiger partial charge in [0.05, 0.1) is 18.6 Å². The molecule has 16 heavy (non-hydrogen) atoms. The Kier molecular flexibility index (Phi) is 2.42. The largest absolute Gasteiger partial charge is 0.496 e. The number of nitrogens with zero attached hydrogens (tertiary/aromatic N) is 1. The van der Waals surface area contributed by atoms with Gasteiger partial charge in [-0.25, -0.2) is 0 Å². The maximum absolute atomic E-state index is 9.34. The number of methoxy groups -OCH3 is 1. The minimum Gasteiger partial charge on any atom is -0.496 e. The van der Waals surface area contributed by atoms with Gasteiger partial charge in [-0.1, -0.05) is 13.0 Å². The van der Waals surface area contributed by atoms with Gasteiger partial charge in [0.15, 0.2) is 0 Å². The normalized spacial score (nSPS) is 27.3. The molecule has 1 aliphatic rings. The monoisotopic (exact) mass is 215 g/mol. The van der Waals surface area contributed by atoms with Crippen LogP contribution < -0.4 is 4.74 Å². The summed E-state index contributed by atoms with van der Waals surface area (Å²) in [5.41, 5.74) is 3.29. The summed E-state index contributed by atoms with van der Waals surface area (Å²) in [7, 11) is 1.68. The van der Waals surface area contributed by atoms with Crippen LogP contribution in [0.4, 0.5) is 0 Å². The second-order valence-electron chi connectivity index (χ2n) is 4.75. The highest BCUT2D eigenvalue weighted by Gasteiger charge is 2.54. The maximum Gasteiger partial charge on any atom is 0.122 e. The Labute approximate surface area is 96.9 Å². The van der Waals surface area contributed by atoms with Crippen LogP contribution in [0.2, 0.25) is 0 Å². The van der Waals surface area contributed by atoms with E-state index in [0.29, 0.717) is 5.92 Å². The van der Waals surface area contributed by atoms with Gasteiger partial charge in [0.25, 0.3) is 0 Å². The van der Waals surface area contributed by atoms with Crippen LogP contribution in [0.25, 0.3) is 0 Å². The zero-order chi connectivity index (χ0) is 11.9. The molecule has 0 bridgehead atoms. The summed E-state index contributed by atoms with van der Waals surface area (Å²) in [5.74, 6) is 1.38. The van der Waals surface area contributed by atoms with Gasteiger partial charge in [-0.3, -0.25) is 0 Å². The molecule has 84 valence electrons. The van der Waals surface area contributed by atoms with Crippen molar-refractivity contribution in [2.75, 3.05) is 7.11 Å². The first-order valence-electron chi connectivity index (χ1n) is 5.62. The minimum atomic E-state index is -0.235. The second-order valence-corrected chi connectivity index (χ2v) is 4.75. The average molecular weight is 215 g/mol. The SMILES string of the molecule is COc1ccc(C2(C#N)CC2C)c(C)c1C. The molecule has 0 aliphatic heterocycles. The van der Waals surface area contributed by atoms with E-state index in [1.54, 1.807) is 7.11 Å². The van der Waals surface area contributed by atoms with Crippen molar-refractivity contribution in [2.45, 2.75) is 32.6 Å². The minimum absolute atomic E-state index is 0.235. The summed E-state index contributed by atoms with van der Waals surface area (Å²) in [5, 5.41) is 9.34.